The third-order valence-corrected chi connectivity index (χ3v) is 3.23. The molecule has 0 aliphatic heterocycles. The van der Waals surface area contributed by atoms with E-state index in [2.05, 4.69) is 9.71 Å². The van der Waals surface area contributed by atoms with Gasteiger partial charge < -0.3 is 0 Å². The van der Waals surface area contributed by atoms with Gasteiger partial charge in [0.05, 0.1) is 17.5 Å². The molecule has 0 unspecified atom stereocenters. The minimum Gasteiger partial charge on any atom is -0.283 e. The van der Waals surface area contributed by atoms with Gasteiger partial charge >= 0.3 is 6.18 Å². The maximum Gasteiger partial charge on any atom is 0.416 e. The molecule has 112 valence electrons. The quantitative estimate of drug-likeness (QED) is 0.946. The molecule has 8 heteroatoms. The molecule has 0 bridgehead atoms. The van der Waals surface area contributed by atoms with Gasteiger partial charge in [-0.2, -0.15) is 13.2 Å². The largest absolute Gasteiger partial charge is 0.416 e. The van der Waals surface area contributed by atoms with Crippen LogP contribution in [0.25, 0.3) is 11.1 Å². The van der Waals surface area contributed by atoms with Crippen molar-refractivity contribution in [1.29, 1.82) is 0 Å². The average Bonchev–Trinajstić information content (AvgIpc) is 2.37. The lowest BCUT2D eigenvalue weighted by atomic mass is 10.0. The van der Waals surface area contributed by atoms with Crippen LogP contribution in [0.4, 0.5) is 18.9 Å². The summed E-state index contributed by atoms with van der Waals surface area (Å²) in [5, 5.41) is 0. The Morgan fingerprint density at radius 1 is 1.10 bits per heavy atom. The normalized spacial score (nSPS) is 12.2. The van der Waals surface area contributed by atoms with Gasteiger partial charge in [-0.25, -0.2) is 8.42 Å². The van der Waals surface area contributed by atoms with Crippen LogP contribution in [0.15, 0.2) is 42.7 Å². The second-order valence-corrected chi connectivity index (χ2v) is 6.12. The third kappa shape index (κ3) is 3.94. The number of nitrogens with one attached hydrogen (secondary N) is 1. The van der Waals surface area contributed by atoms with Crippen molar-refractivity contribution < 1.29 is 21.6 Å². The molecule has 0 atom stereocenters. The molecule has 0 aliphatic rings. The number of anilines is 1. The van der Waals surface area contributed by atoms with Crippen LogP contribution in [0.5, 0.6) is 0 Å². The highest BCUT2D eigenvalue weighted by molar-refractivity contribution is 7.92. The molecule has 1 heterocycles. The lowest BCUT2D eigenvalue weighted by Gasteiger charge is -2.11. The number of alkyl halides is 3. The predicted molar refractivity (Wildman–Crippen MR) is 73.1 cm³/mol. The molecule has 0 spiro atoms. The van der Waals surface area contributed by atoms with Crippen LogP contribution in [-0.4, -0.2) is 19.7 Å². The fourth-order valence-electron chi connectivity index (χ4n) is 1.75. The predicted octanol–water partition coefficient (Wildman–Crippen LogP) is 3.14. The second-order valence-electron chi connectivity index (χ2n) is 4.37. The van der Waals surface area contributed by atoms with Crippen LogP contribution in [0.1, 0.15) is 5.56 Å². The Kier molecular flexibility index (Phi) is 3.91. The Morgan fingerprint density at radius 2 is 1.71 bits per heavy atom. The number of hydrogen-bond donors (Lipinski definition) is 1. The van der Waals surface area contributed by atoms with Crippen molar-refractivity contribution in [3.8, 4) is 11.1 Å². The molecular formula is C13H11F3N2O2S. The number of sulfonamides is 1. The summed E-state index contributed by atoms with van der Waals surface area (Å²) in [6.07, 6.45) is -0.650. The van der Waals surface area contributed by atoms with E-state index >= 15 is 0 Å². The molecule has 2 rings (SSSR count). The summed E-state index contributed by atoms with van der Waals surface area (Å²) in [7, 11) is -3.50. The van der Waals surface area contributed by atoms with E-state index in [0.717, 1.165) is 18.4 Å². The first-order valence-electron chi connectivity index (χ1n) is 5.76. The molecule has 0 saturated carbocycles. The molecule has 0 fully saturated rings. The van der Waals surface area contributed by atoms with Crippen LogP contribution in [-0.2, 0) is 16.2 Å². The molecule has 1 aromatic carbocycles. The van der Waals surface area contributed by atoms with Crippen molar-refractivity contribution in [2.75, 3.05) is 11.0 Å². The zero-order valence-corrected chi connectivity index (χ0v) is 11.7. The summed E-state index contributed by atoms with van der Waals surface area (Å²) < 4.78 is 62.4. The lowest BCUT2D eigenvalue weighted by molar-refractivity contribution is -0.137. The molecule has 0 aliphatic carbocycles. The van der Waals surface area contributed by atoms with E-state index in [1.165, 1.54) is 30.6 Å². The summed E-state index contributed by atoms with van der Waals surface area (Å²) in [5.41, 5.74) is 0.318. The van der Waals surface area contributed by atoms with Gasteiger partial charge in [0, 0.05) is 18.0 Å². The van der Waals surface area contributed by atoms with Crippen molar-refractivity contribution >= 4 is 15.7 Å². The Hall–Kier alpha value is -2.09. The Bertz CT molecular complexity index is 741. The number of rotatable bonds is 3. The van der Waals surface area contributed by atoms with E-state index in [0.29, 0.717) is 11.1 Å². The summed E-state index contributed by atoms with van der Waals surface area (Å²) in [6, 6.07) is 5.85. The first-order chi connectivity index (χ1) is 9.67. The first-order valence-corrected chi connectivity index (χ1v) is 7.65. The summed E-state index contributed by atoms with van der Waals surface area (Å²) in [6.45, 7) is 0. The highest BCUT2D eigenvalue weighted by atomic mass is 32.2. The van der Waals surface area contributed by atoms with Crippen molar-refractivity contribution in [2.45, 2.75) is 6.18 Å². The smallest absolute Gasteiger partial charge is 0.283 e. The van der Waals surface area contributed by atoms with Crippen molar-refractivity contribution in [3.05, 3.63) is 48.3 Å². The molecule has 0 radical (unpaired) electrons. The van der Waals surface area contributed by atoms with Crippen molar-refractivity contribution in [2.24, 2.45) is 0 Å². The van der Waals surface area contributed by atoms with Gasteiger partial charge in [-0.05, 0) is 23.8 Å². The van der Waals surface area contributed by atoms with Crippen molar-refractivity contribution in [1.82, 2.24) is 4.98 Å². The third-order valence-electron chi connectivity index (χ3n) is 2.64. The average molecular weight is 316 g/mol. The van der Waals surface area contributed by atoms with Gasteiger partial charge in [-0.3, -0.25) is 9.71 Å². The number of pyridine rings is 1. The summed E-state index contributed by atoms with van der Waals surface area (Å²) >= 11 is 0. The second kappa shape index (κ2) is 5.36. The van der Waals surface area contributed by atoms with E-state index in [9.17, 15) is 21.6 Å². The van der Waals surface area contributed by atoms with E-state index in [1.807, 2.05) is 0 Å². The van der Waals surface area contributed by atoms with Gasteiger partial charge in [0.15, 0.2) is 0 Å². The van der Waals surface area contributed by atoms with Crippen LogP contribution < -0.4 is 4.72 Å². The number of hydrogen-bond acceptors (Lipinski definition) is 3. The summed E-state index contributed by atoms with van der Waals surface area (Å²) in [4.78, 5) is 3.87. The molecule has 1 N–H and O–H groups in total. The van der Waals surface area contributed by atoms with Crippen LogP contribution >= 0.6 is 0 Å². The molecule has 4 nitrogen and oxygen atoms in total. The van der Waals surface area contributed by atoms with E-state index < -0.39 is 21.8 Å². The van der Waals surface area contributed by atoms with Crippen LogP contribution in [0.3, 0.4) is 0 Å². The number of aromatic nitrogens is 1. The Balaban J connectivity index is 2.43. The molecule has 2 aromatic rings. The first kappa shape index (κ1) is 15.3. The number of benzene rings is 1. The maximum atomic E-state index is 12.5. The van der Waals surface area contributed by atoms with Gasteiger partial charge in [0.1, 0.15) is 0 Å². The van der Waals surface area contributed by atoms with Crippen molar-refractivity contribution in [3.63, 3.8) is 0 Å². The zero-order chi connectivity index (χ0) is 15.7. The summed E-state index contributed by atoms with van der Waals surface area (Å²) in [5.74, 6) is 0. The Labute approximate surface area is 119 Å². The van der Waals surface area contributed by atoms with Gasteiger partial charge in [0.25, 0.3) is 0 Å². The van der Waals surface area contributed by atoms with Crippen LogP contribution in [0, 0.1) is 0 Å². The lowest BCUT2D eigenvalue weighted by Crippen LogP contribution is -2.10. The molecular weight excluding hydrogens is 305 g/mol. The molecule has 0 amide bonds. The van der Waals surface area contributed by atoms with Crippen LogP contribution in [0.2, 0.25) is 0 Å². The fourth-order valence-corrected chi connectivity index (χ4v) is 2.33. The maximum absolute atomic E-state index is 12.5. The van der Waals surface area contributed by atoms with E-state index in [1.54, 1.807) is 0 Å². The topological polar surface area (TPSA) is 59.1 Å². The minimum atomic E-state index is -4.42. The minimum absolute atomic E-state index is 0.257. The van der Waals surface area contributed by atoms with E-state index in [4.69, 9.17) is 0 Å². The zero-order valence-electron chi connectivity index (χ0n) is 10.8. The van der Waals surface area contributed by atoms with Gasteiger partial charge in [-0.1, -0.05) is 12.1 Å². The molecule has 21 heavy (non-hydrogen) atoms. The number of halogens is 3. The molecule has 1 aromatic heterocycles. The highest BCUT2D eigenvalue weighted by Gasteiger charge is 2.30. The number of nitrogens with zero attached hydrogens (tertiary/aromatic N) is 1. The van der Waals surface area contributed by atoms with Gasteiger partial charge in [0.2, 0.25) is 10.0 Å². The fraction of sp³-hybridized carbons (Fsp3) is 0.154. The molecule has 0 saturated heterocycles. The standard InChI is InChI=1S/C13H11F3N2O2S/c1-21(19,20)18-12-6-7-17-8-11(12)9-2-4-10(5-3-9)13(14,15)16/h2-8H,1H3,(H,17,18). The highest BCUT2D eigenvalue weighted by Crippen LogP contribution is 2.32. The SMILES string of the molecule is CS(=O)(=O)Nc1ccncc1-c1ccc(C(F)(F)F)cc1. The Morgan fingerprint density at radius 3 is 2.24 bits per heavy atom. The van der Waals surface area contributed by atoms with E-state index in [-0.39, 0.29) is 5.69 Å². The van der Waals surface area contributed by atoms with Gasteiger partial charge in [-0.15, -0.1) is 0 Å². The monoisotopic (exact) mass is 316 g/mol.